The lowest BCUT2D eigenvalue weighted by atomic mass is 10.1. The minimum absolute atomic E-state index is 0.287. The quantitative estimate of drug-likeness (QED) is 0.933. The van der Waals surface area contributed by atoms with E-state index in [1.807, 2.05) is 18.2 Å². The molecule has 1 saturated heterocycles. The van der Waals surface area contributed by atoms with Crippen molar-refractivity contribution < 1.29 is 9.90 Å². The van der Waals surface area contributed by atoms with E-state index < -0.39 is 5.97 Å². The van der Waals surface area contributed by atoms with Crippen molar-refractivity contribution in [2.75, 3.05) is 29.4 Å². The van der Waals surface area contributed by atoms with Gasteiger partial charge in [0.25, 0.3) is 0 Å². The third-order valence-corrected chi connectivity index (χ3v) is 3.92. The van der Waals surface area contributed by atoms with Crippen LogP contribution in [0.3, 0.4) is 0 Å². The van der Waals surface area contributed by atoms with Crippen molar-refractivity contribution in [3.63, 3.8) is 0 Å². The lowest BCUT2D eigenvalue weighted by molar-refractivity contribution is 0.0697. The first-order chi connectivity index (χ1) is 10.6. The maximum atomic E-state index is 10.9. The zero-order chi connectivity index (χ0) is 15.5. The summed E-state index contributed by atoms with van der Waals surface area (Å²) in [5.74, 6) is -0.137. The molecule has 1 aliphatic rings. The van der Waals surface area contributed by atoms with Gasteiger partial charge in [0, 0.05) is 43.8 Å². The van der Waals surface area contributed by atoms with Gasteiger partial charge >= 0.3 is 5.97 Å². The summed E-state index contributed by atoms with van der Waals surface area (Å²) in [7, 11) is 0. The number of aromatic carboxylic acids is 1. The Labute approximate surface area is 129 Å². The van der Waals surface area contributed by atoms with Gasteiger partial charge in [-0.2, -0.15) is 0 Å². The van der Waals surface area contributed by atoms with Crippen molar-refractivity contribution in [1.29, 1.82) is 0 Å². The molecule has 0 aliphatic carbocycles. The Morgan fingerprint density at radius 2 is 1.86 bits per heavy atom. The predicted octanol–water partition coefficient (Wildman–Crippen LogP) is 1.89. The molecule has 0 unspecified atom stereocenters. The molecule has 0 amide bonds. The molecule has 2 heterocycles. The molecule has 1 aromatic heterocycles. The van der Waals surface area contributed by atoms with Gasteiger partial charge in [0.1, 0.15) is 0 Å². The number of piperazine rings is 1. The van der Waals surface area contributed by atoms with E-state index in [1.165, 1.54) is 0 Å². The Bertz CT molecular complexity index is 645. The molecule has 22 heavy (non-hydrogen) atoms. The zero-order valence-electron chi connectivity index (χ0n) is 12.4. The number of carboxylic acids is 1. The van der Waals surface area contributed by atoms with Crippen molar-refractivity contribution in [3.05, 3.63) is 48.3 Å². The molecule has 1 atom stereocenters. The Hall–Kier alpha value is -2.63. The average Bonchev–Trinajstić information content (AvgIpc) is 2.55. The number of nitrogens with zero attached hydrogens (tertiary/aromatic N) is 4. The van der Waals surface area contributed by atoms with Crippen LogP contribution in [0, 0.1) is 0 Å². The van der Waals surface area contributed by atoms with Gasteiger partial charge in [0.05, 0.1) is 5.56 Å². The van der Waals surface area contributed by atoms with Crippen LogP contribution >= 0.6 is 0 Å². The van der Waals surface area contributed by atoms with Gasteiger partial charge in [0.15, 0.2) is 0 Å². The van der Waals surface area contributed by atoms with E-state index >= 15 is 0 Å². The van der Waals surface area contributed by atoms with E-state index in [0.717, 1.165) is 31.3 Å². The number of anilines is 2. The molecule has 114 valence electrons. The van der Waals surface area contributed by atoms with Crippen molar-refractivity contribution in [2.24, 2.45) is 0 Å². The summed E-state index contributed by atoms with van der Waals surface area (Å²) in [6, 6.07) is 9.13. The Kier molecular flexibility index (Phi) is 3.91. The van der Waals surface area contributed by atoms with Crippen LogP contribution in [-0.4, -0.2) is 46.7 Å². The number of carbonyl (C=O) groups is 1. The normalized spacial score (nSPS) is 18.3. The first kappa shape index (κ1) is 14.3. The highest BCUT2D eigenvalue weighted by atomic mass is 16.4. The molecule has 0 spiro atoms. The van der Waals surface area contributed by atoms with Crippen LogP contribution in [-0.2, 0) is 0 Å². The van der Waals surface area contributed by atoms with Gasteiger partial charge in [-0.25, -0.2) is 14.8 Å². The van der Waals surface area contributed by atoms with Gasteiger partial charge in [-0.1, -0.05) is 0 Å². The lowest BCUT2D eigenvalue weighted by Gasteiger charge is -2.41. The number of aromatic nitrogens is 2. The van der Waals surface area contributed by atoms with E-state index in [1.54, 1.807) is 24.5 Å². The number of rotatable bonds is 3. The second-order valence-corrected chi connectivity index (χ2v) is 5.39. The van der Waals surface area contributed by atoms with Crippen molar-refractivity contribution >= 4 is 17.6 Å². The monoisotopic (exact) mass is 298 g/mol. The lowest BCUT2D eigenvalue weighted by Crippen LogP contribution is -2.52. The second kappa shape index (κ2) is 6.01. The van der Waals surface area contributed by atoms with E-state index in [-0.39, 0.29) is 6.04 Å². The van der Waals surface area contributed by atoms with Crippen LogP contribution in [0.15, 0.2) is 42.7 Å². The zero-order valence-corrected chi connectivity index (χ0v) is 12.4. The number of benzene rings is 1. The minimum atomic E-state index is -0.897. The van der Waals surface area contributed by atoms with Gasteiger partial charge in [-0.05, 0) is 37.3 Å². The first-order valence-electron chi connectivity index (χ1n) is 7.27. The number of carboxylic acid groups (broad SMARTS) is 1. The summed E-state index contributed by atoms with van der Waals surface area (Å²) in [5.41, 5.74) is 1.36. The van der Waals surface area contributed by atoms with Crippen molar-refractivity contribution in [2.45, 2.75) is 13.0 Å². The SMILES string of the molecule is C[C@@H]1CN(c2ccc(C(=O)O)cc2)CCN1c1ncccn1. The smallest absolute Gasteiger partial charge is 0.335 e. The van der Waals surface area contributed by atoms with Gasteiger partial charge < -0.3 is 14.9 Å². The molecular weight excluding hydrogens is 280 g/mol. The van der Waals surface area contributed by atoms with Crippen LogP contribution in [0.1, 0.15) is 17.3 Å². The molecule has 0 bridgehead atoms. The first-order valence-corrected chi connectivity index (χ1v) is 7.27. The average molecular weight is 298 g/mol. The summed E-state index contributed by atoms with van der Waals surface area (Å²) in [5, 5.41) is 8.95. The molecule has 6 heteroatoms. The van der Waals surface area contributed by atoms with E-state index in [9.17, 15) is 4.79 Å². The van der Waals surface area contributed by atoms with Gasteiger partial charge in [0.2, 0.25) is 5.95 Å². The van der Waals surface area contributed by atoms with Crippen molar-refractivity contribution in [1.82, 2.24) is 9.97 Å². The highest BCUT2D eigenvalue weighted by Crippen LogP contribution is 2.22. The second-order valence-electron chi connectivity index (χ2n) is 5.39. The van der Waals surface area contributed by atoms with Crippen LogP contribution in [0.2, 0.25) is 0 Å². The highest BCUT2D eigenvalue weighted by Gasteiger charge is 2.25. The fourth-order valence-corrected chi connectivity index (χ4v) is 2.74. The molecule has 0 saturated carbocycles. The third kappa shape index (κ3) is 2.86. The van der Waals surface area contributed by atoms with Crippen LogP contribution < -0.4 is 9.80 Å². The number of hydrogen-bond acceptors (Lipinski definition) is 5. The molecule has 6 nitrogen and oxygen atoms in total. The maximum Gasteiger partial charge on any atom is 0.335 e. The van der Waals surface area contributed by atoms with E-state index in [4.69, 9.17) is 5.11 Å². The van der Waals surface area contributed by atoms with Crippen LogP contribution in [0.4, 0.5) is 11.6 Å². The summed E-state index contributed by atoms with van der Waals surface area (Å²) >= 11 is 0. The Balaban J connectivity index is 1.71. The summed E-state index contributed by atoms with van der Waals surface area (Å²) in [4.78, 5) is 24.0. The molecule has 1 fully saturated rings. The van der Waals surface area contributed by atoms with Crippen LogP contribution in [0.5, 0.6) is 0 Å². The number of hydrogen-bond donors (Lipinski definition) is 1. The molecule has 1 N–H and O–H groups in total. The summed E-state index contributed by atoms with van der Waals surface area (Å²) in [6.45, 7) is 4.69. The Morgan fingerprint density at radius 3 is 2.45 bits per heavy atom. The summed E-state index contributed by atoms with van der Waals surface area (Å²) < 4.78 is 0. The molecule has 3 rings (SSSR count). The van der Waals surface area contributed by atoms with Crippen LogP contribution in [0.25, 0.3) is 0 Å². The minimum Gasteiger partial charge on any atom is -0.478 e. The van der Waals surface area contributed by atoms with Gasteiger partial charge in [-0.15, -0.1) is 0 Å². The molecular formula is C16H18N4O2. The topological polar surface area (TPSA) is 69.6 Å². The summed E-state index contributed by atoms with van der Waals surface area (Å²) in [6.07, 6.45) is 3.51. The van der Waals surface area contributed by atoms with Gasteiger partial charge in [-0.3, -0.25) is 0 Å². The van der Waals surface area contributed by atoms with Crippen molar-refractivity contribution in [3.8, 4) is 0 Å². The standard InChI is InChI=1S/C16H18N4O2/c1-12-11-19(14-5-3-13(4-6-14)15(21)22)9-10-20(12)16-17-7-2-8-18-16/h2-8,12H,9-11H2,1H3,(H,21,22)/t12-/m1/s1. The predicted molar refractivity (Wildman–Crippen MR) is 84.5 cm³/mol. The highest BCUT2D eigenvalue weighted by molar-refractivity contribution is 5.88. The molecule has 1 aromatic carbocycles. The maximum absolute atomic E-state index is 10.9. The fraction of sp³-hybridized carbons (Fsp3) is 0.312. The molecule has 0 radical (unpaired) electrons. The third-order valence-electron chi connectivity index (χ3n) is 3.92. The fourth-order valence-electron chi connectivity index (χ4n) is 2.74. The molecule has 1 aliphatic heterocycles. The Morgan fingerprint density at radius 1 is 1.18 bits per heavy atom. The van der Waals surface area contributed by atoms with E-state index in [2.05, 4.69) is 26.7 Å². The van der Waals surface area contributed by atoms with E-state index in [0.29, 0.717) is 5.56 Å². The molecule has 2 aromatic rings. The largest absolute Gasteiger partial charge is 0.478 e.